The first-order chi connectivity index (χ1) is 15.7. The Hall–Kier alpha value is -2.48. The van der Waals surface area contributed by atoms with E-state index in [9.17, 15) is 19.5 Å². The first-order valence-corrected chi connectivity index (χ1v) is 11.7. The second-order valence-electron chi connectivity index (χ2n) is 7.98. The average Bonchev–Trinajstić information content (AvgIpc) is 2.77. The third kappa shape index (κ3) is 6.10. The third-order valence-electron chi connectivity index (χ3n) is 5.70. The third-order valence-corrected chi connectivity index (χ3v) is 6.65. The molecule has 0 aliphatic heterocycles. The van der Waals surface area contributed by atoms with Gasteiger partial charge in [-0.3, -0.25) is 4.79 Å². The largest absolute Gasteiger partial charge is 0.480 e. The Morgan fingerprint density at radius 1 is 0.909 bits per heavy atom. The molecular weight excluding hydrogens is 489 g/mol. The predicted molar refractivity (Wildman–Crippen MR) is 131 cm³/mol. The van der Waals surface area contributed by atoms with Gasteiger partial charge in [-0.2, -0.15) is 0 Å². The lowest BCUT2D eigenvalue weighted by molar-refractivity contribution is -0.141. The van der Waals surface area contributed by atoms with E-state index < -0.39 is 23.9 Å². The SMILES string of the molecule is Cc1cccc(Cl)c1NC(=O)Nc1c(Cl)ccc(Cl)c1C(=O)N[C@H](C(=O)O)C1CCCCC1. The van der Waals surface area contributed by atoms with Crippen molar-refractivity contribution in [3.63, 3.8) is 0 Å². The van der Waals surface area contributed by atoms with Gasteiger partial charge < -0.3 is 21.1 Å². The van der Waals surface area contributed by atoms with Crippen molar-refractivity contribution in [3.05, 3.63) is 56.5 Å². The summed E-state index contributed by atoms with van der Waals surface area (Å²) in [4.78, 5) is 37.7. The molecule has 4 N–H and O–H groups in total. The molecule has 176 valence electrons. The number of halogens is 3. The first-order valence-electron chi connectivity index (χ1n) is 10.5. The first kappa shape index (κ1) is 25.1. The molecule has 0 saturated heterocycles. The molecule has 1 saturated carbocycles. The molecule has 0 heterocycles. The number of carbonyl (C=O) groups excluding carboxylic acids is 2. The molecule has 1 atom stereocenters. The summed E-state index contributed by atoms with van der Waals surface area (Å²) in [6.45, 7) is 1.78. The van der Waals surface area contributed by atoms with E-state index >= 15 is 0 Å². The number of hydrogen-bond acceptors (Lipinski definition) is 3. The van der Waals surface area contributed by atoms with Crippen LogP contribution < -0.4 is 16.0 Å². The van der Waals surface area contributed by atoms with Crippen LogP contribution in [0.15, 0.2) is 30.3 Å². The molecule has 1 aliphatic carbocycles. The minimum Gasteiger partial charge on any atom is -0.480 e. The van der Waals surface area contributed by atoms with Gasteiger partial charge in [0, 0.05) is 0 Å². The monoisotopic (exact) mass is 511 g/mol. The van der Waals surface area contributed by atoms with Crippen molar-refractivity contribution >= 4 is 64.1 Å². The lowest BCUT2D eigenvalue weighted by Gasteiger charge is -2.28. The van der Waals surface area contributed by atoms with Gasteiger partial charge >= 0.3 is 12.0 Å². The van der Waals surface area contributed by atoms with Crippen molar-refractivity contribution in [2.24, 2.45) is 5.92 Å². The summed E-state index contributed by atoms with van der Waals surface area (Å²) in [5.41, 5.74) is 1.00. The lowest BCUT2D eigenvalue weighted by atomic mass is 9.84. The maximum atomic E-state index is 13.1. The molecule has 10 heteroatoms. The number of amides is 3. The van der Waals surface area contributed by atoms with Crippen LogP contribution >= 0.6 is 34.8 Å². The highest BCUT2D eigenvalue weighted by atomic mass is 35.5. The predicted octanol–water partition coefficient (Wildman–Crippen LogP) is 6.36. The summed E-state index contributed by atoms with van der Waals surface area (Å²) in [5, 5.41) is 17.9. The number of carboxylic acids is 1. The lowest BCUT2D eigenvalue weighted by Crippen LogP contribution is -2.46. The zero-order valence-corrected chi connectivity index (χ0v) is 20.2. The van der Waals surface area contributed by atoms with Crippen LogP contribution in [0, 0.1) is 12.8 Å². The Morgan fingerprint density at radius 2 is 1.52 bits per heavy atom. The van der Waals surface area contributed by atoms with Crippen LogP contribution in [0.4, 0.5) is 16.2 Å². The summed E-state index contributed by atoms with van der Waals surface area (Å²) in [6.07, 6.45) is 4.30. The highest BCUT2D eigenvalue weighted by molar-refractivity contribution is 6.39. The van der Waals surface area contributed by atoms with Crippen molar-refractivity contribution in [2.45, 2.75) is 45.1 Å². The van der Waals surface area contributed by atoms with Crippen molar-refractivity contribution in [1.82, 2.24) is 5.32 Å². The van der Waals surface area contributed by atoms with Gasteiger partial charge in [-0.05, 0) is 49.4 Å². The van der Waals surface area contributed by atoms with E-state index in [1.165, 1.54) is 12.1 Å². The van der Waals surface area contributed by atoms with Crippen molar-refractivity contribution in [3.8, 4) is 0 Å². The number of aryl methyl sites for hydroxylation is 1. The highest BCUT2D eigenvalue weighted by Gasteiger charge is 2.32. The number of aliphatic carboxylic acids is 1. The molecular formula is C23H24Cl3N3O4. The topological polar surface area (TPSA) is 108 Å². The molecule has 1 aliphatic rings. The van der Waals surface area contributed by atoms with E-state index in [-0.39, 0.29) is 27.2 Å². The molecule has 0 radical (unpaired) electrons. The molecule has 3 rings (SSSR count). The fourth-order valence-corrected chi connectivity index (χ4v) is 4.72. The molecule has 0 aromatic heterocycles. The molecule has 2 aromatic carbocycles. The Bertz CT molecular complexity index is 1050. The molecule has 2 aromatic rings. The maximum absolute atomic E-state index is 13.1. The van der Waals surface area contributed by atoms with Crippen LogP contribution in [-0.2, 0) is 4.79 Å². The molecule has 1 fully saturated rings. The number of carboxylic acid groups (broad SMARTS) is 1. The van der Waals surface area contributed by atoms with Crippen LogP contribution in [0.2, 0.25) is 15.1 Å². The van der Waals surface area contributed by atoms with E-state index in [4.69, 9.17) is 34.8 Å². The standard InChI is InChI=1S/C23H24Cl3N3O4/c1-12-6-5-9-15(25)18(12)28-23(33)29-20-16(26)11-10-14(24)17(20)21(30)27-19(22(31)32)13-7-3-2-4-8-13/h5-6,9-11,13,19H,2-4,7-8H2,1H3,(H,27,30)(H,31,32)(H2,28,29,33)/t19-/m0/s1. The van der Waals surface area contributed by atoms with E-state index in [1.54, 1.807) is 25.1 Å². The number of para-hydroxylation sites is 1. The number of hydrogen-bond donors (Lipinski definition) is 4. The molecule has 7 nitrogen and oxygen atoms in total. The highest BCUT2D eigenvalue weighted by Crippen LogP contribution is 2.34. The van der Waals surface area contributed by atoms with Gasteiger partial charge in [0.15, 0.2) is 0 Å². The Labute approximate surface area is 206 Å². The number of nitrogens with one attached hydrogen (secondary N) is 3. The minimum atomic E-state index is -1.12. The zero-order chi connectivity index (χ0) is 24.1. The Morgan fingerprint density at radius 3 is 2.15 bits per heavy atom. The molecule has 0 bridgehead atoms. The number of benzene rings is 2. The second kappa shape index (κ2) is 11.1. The maximum Gasteiger partial charge on any atom is 0.326 e. The summed E-state index contributed by atoms with van der Waals surface area (Å²) in [7, 11) is 0. The fourth-order valence-electron chi connectivity index (χ4n) is 4.01. The number of rotatable bonds is 6. The van der Waals surface area contributed by atoms with Crippen molar-refractivity contribution in [2.75, 3.05) is 10.6 Å². The van der Waals surface area contributed by atoms with Gasteiger partial charge in [0.2, 0.25) is 0 Å². The number of anilines is 2. The van der Waals surface area contributed by atoms with Gasteiger partial charge in [-0.15, -0.1) is 0 Å². The number of urea groups is 1. The van der Waals surface area contributed by atoms with Crippen LogP contribution in [0.1, 0.15) is 48.0 Å². The second-order valence-corrected chi connectivity index (χ2v) is 9.20. The van der Waals surface area contributed by atoms with Gasteiger partial charge in [0.1, 0.15) is 6.04 Å². The number of carbonyl (C=O) groups is 3. The van der Waals surface area contributed by atoms with Crippen LogP contribution in [0.5, 0.6) is 0 Å². The van der Waals surface area contributed by atoms with Crippen LogP contribution in [-0.4, -0.2) is 29.1 Å². The van der Waals surface area contributed by atoms with Gasteiger partial charge in [0.05, 0.1) is 32.0 Å². The molecule has 0 spiro atoms. The van der Waals surface area contributed by atoms with E-state index in [0.29, 0.717) is 23.6 Å². The minimum absolute atomic E-state index is 0.0221. The average molecular weight is 513 g/mol. The quantitative estimate of drug-likeness (QED) is 0.361. The van der Waals surface area contributed by atoms with Crippen molar-refractivity contribution < 1.29 is 19.5 Å². The van der Waals surface area contributed by atoms with Gasteiger partial charge in [0.25, 0.3) is 5.91 Å². The Balaban J connectivity index is 1.85. The normalized spacial score (nSPS) is 14.9. The van der Waals surface area contributed by atoms with E-state index in [0.717, 1.165) is 24.8 Å². The summed E-state index contributed by atoms with van der Waals surface area (Å²) < 4.78 is 0. The fraction of sp³-hybridized carbons (Fsp3) is 0.348. The summed E-state index contributed by atoms with van der Waals surface area (Å²) in [6, 6.07) is 6.26. The van der Waals surface area contributed by atoms with E-state index in [2.05, 4.69) is 16.0 Å². The van der Waals surface area contributed by atoms with Crippen molar-refractivity contribution in [1.29, 1.82) is 0 Å². The smallest absolute Gasteiger partial charge is 0.326 e. The van der Waals surface area contributed by atoms with E-state index in [1.807, 2.05) is 0 Å². The van der Waals surface area contributed by atoms with Gasteiger partial charge in [-0.25, -0.2) is 9.59 Å². The van der Waals surface area contributed by atoms with Gasteiger partial charge in [-0.1, -0.05) is 66.2 Å². The summed E-state index contributed by atoms with van der Waals surface area (Å²) in [5.74, 6) is -2.03. The summed E-state index contributed by atoms with van der Waals surface area (Å²) >= 11 is 18.7. The zero-order valence-electron chi connectivity index (χ0n) is 17.9. The molecule has 3 amide bonds. The van der Waals surface area contributed by atoms with Crippen LogP contribution in [0.3, 0.4) is 0 Å². The Kier molecular flexibility index (Phi) is 8.46. The molecule has 33 heavy (non-hydrogen) atoms. The molecule has 0 unspecified atom stereocenters. The van der Waals surface area contributed by atoms with Crippen LogP contribution in [0.25, 0.3) is 0 Å².